The minimum Gasteiger partial charge on any atom is -0.465 e. The number of carbonyl (C=O) groups excluding carboxylic acids is 1. The zero-order valence-electron chi connectivity index (χ0n) is 15.2. The first-order valence-corrected chi connectivity index (χ1v) is 9.09. The SMILES string of the molecule is C/C(Nc1ccccc1)=C1/C(=O)C=C(c2ccco2)CC1c1ccccc1. The molecular formula is C24H21NO2. The number of anilines is 1. The van der Waals surface area contributed by atoms with Crippen LogP contribution in [0.15, 0.2) is 101 Å². The van der Waals surface area contributed by atoms with Crippen LogP contribution in [0, 0.1) is 0 Å². The highest BCUT2D eigenvalue weighted by atomic mass is 16.3. The topological polar surface area (TPSA) is 42.2 Å². The lowest BCUT2D eigenvalue weighted by Gasteiger charge is -2.27. The van der Waals surface area contributed by atoms with Crippen molar-refractivity contribution in [2.24, 2.45) is 0 Å². The molecule has 4 rings (SSSR count). The molecule has 0 radical (unpaired) electrons. The molecular weight excluding hydrogens is 334 g/mol. The zero-order chi connectivity index (χ0) is 18.6. The molecule has 2 aromatic carbocycles. The van der Waals surface area contributed by atoms with E-state index in [2.05, 4.69) is 17.4 Å². The van der Waals surface area contributed by atoms with E-state index in [1.165, 1.54) is 0 Å². The van der Waals surface area contributed by atoms with Crippen molar-refractivity contribution in [3.8, 4) is 0 Å². The first kappa shape index (κ1) is 17.1. The van der Waals surface area contributed by atoms with Crippen LogP contribution < -0.4 is 5.32 Å². The highest BCUT2D eigenvalue weighted by Gasteiger charge is 2.30. The van der Waals surface area contributed by atoms with Crippen LogP contribution in [0.4, 0.5) is 5.69 Å². The molecule has 0 saturated carbocycles. The number of furan rings is 1. The lowest BCUT2D eigenvalue weighted by Crippen LogP contribution is -2.20. The summed E-state index contributed by atoms with van der Waals surface area (Å²) in [6.45, 7) is 1.97. The van der Waals surface area contributed by atoms with E-state index in [0.717, 1.165) is 40.3 Å². The highest BCUT2D eigenvalue weighted by Crippen LogP contribution is 2.40. The Kier molecular flexibility index (Phi) is 4.75. The standard InChI is InChI=1S/C24H21NO2/c1-17(25-20-11-6-3-7-12-20)24-21(18-9-4-2-5-10-18)15-19(16-22(24)26)23-13-8-14-27-23/h2-14,16,21,25H,15H2,1H3/b24-17-. The smallest absolute Gasteiger partial charge is 0.184 e. The molecule has 1 atom stereocenters. The normalized spacial score (nSPS) is 18.8. The molecule has 1 aliphatic carbocycles. The van der Waals surface area contributed by atoms with Gasteiger partial charge in [-0.15, -0.1) is 0 Å². The van der Waals surface area contributed by atoms with Crippen LogP contribution in [0.1, 0.15) is 30.6 Å². The summed E-state index contributed by atoms with van der Waals surface area (Å²) in [6, 6.07) is 23.9. The Morgan fingerprint density at radius 3 is 2.33 bits per heavy atom. The van der Waals surface area contributed by atoms with Gasteiger partial charge in [-0.05, 0) is 54.8 Å². The number of hydrogen-bond acceptors (Lipinski definition) is 3. The maximum absolute atomic E-state index is 13.1. The van der Waals surface area contributed by atoms with Crippen LogP contribution in [0.2, 0.25) is 0 Å². The van der Waals surface area contributed by atoms with Gasteiger partial charge in [0.2, 0.25) is 0 Å². The van der Waals surface area contributed by atoms with Gasteiger partial charge >= 0.3 is 0 Å². The summed E-state index contributed by atoms with van der Waals surface area (Å²) in [4.78, 5) is 13.1. The Hall–Kier alpha value is -3.33. The molecule has 3 aromatic rings. The van der Waals surface area contributed by atoms with Crippen molar-refractivity contribution in [3.63, 3.8) is 0 Å². The quantitative estimate of drug-likeness (QED) is 0.601. The molecule has 0 bridgehead atoms. The molecule has 1 heterocycles. The first-order chi connectivity index (χ1) is 13.2. The number of allylic oxidation sites excluding steroid dienone is 4. The summed E-state index contributed by atoms with van der Waals surface area (Å²) >= 11 is 0. The third-order valence-corrected chi connectivity index (χ3v) is 4.89. The van der Waals surface area contributed by atoms with Crippen molar-refractivity contribution in [2.45, 2.75) is 19.3 Å². The summed E-state index contributed by atoms with van der Waals surface area (Å²) in [5, 5.41) is 3.40. The van der Waals surface area contributed by atoms with Gasteiger partial charge in [0, 0.05) is 22.9 Å². The van der Waals surface area contributed by atoms with E-state index in [-0.39, 0.29) is 11.7 Å². The molecule has 1 unspecified atom stereocenters. The van der Waals surface area contributed by atoms with E-state index >= 15 is 0 Å². The van der Waals surface area contributed by atoms with Crippen LogP contribution >= 0.6 is 0 Å². The summed E-state index contributed by atoms with van der Waals surface area (Å²) < 4.78 is 5.54. The van der Waals surface area contributed by atoms with Gasteiger partial charge in [-0.25, -0.2) is 0 Å². The Labute approximate surface area is 159 Å². The fourth-order valence-corrected chi connectivity index (χ4v) is 3.64. The Morgan fingerprint density at radius 2 is 1.67 bits per heavy atom. The number of hydrogen-bond donors (Lipinski definition) is 1. The van der Waals surface area contributed by atoms with Crippen molar-refractivity contribution in [1.82, 2.24) is 0 Å². The van der Waals surface area contributed by atoms with Crippen molar-refractivity contribution >= 4 is 17.0 Å². The van der Waals surface area contributed by atoms with E-state index in [4.69, 9.17) is 4.42 Å². The lowest BCUT2D eigenvalue weighted by atomic mass is 9.77. The molecule has 0 amide bonds. The molecule has 0 aliphatic heterocycles. The average molecular weight is 355 g/mol. The summed E-state index contributed by atoms with van der Waals surface area (Å²) in [5.41, 5.74) is 4.74. The second kappa shape index (κ2) is 7.50. The van der Waals surface area contributed by atoms with Gasteiger partial charge in [-0.2, -0.15) is 0 Å². The van der Waals surface area contributed by atoms with Gasteiger partial charge < -0.3 is 9.73 Å². The minimum absolute atomic E-state index is 0.0139. The number of ketones is 1. The molecule has 134 valence electrons. The van der Waals surface area contributed by atoms with Gasteiger partial charge in [-0.3, -0.25) is 4.79 Å². The molecule has 1 aliphatic rings. The average Bonchev–Trinajstić information content (AvgIpc) is 3.23. The van der Waals surface area contributed by atoms with E-state index in [1.54, 1.807) is 12.3 Å². The van der Waals surface area contributed by atoms with Crippen LogP contribution in [0.5, 0.6) is 0 Å². The highest BCUT2D eigenvalue weighted by molar-refractivity contribution is 6.11. The molecule has 0 fully saturated rings. The molecule has 3 nitrogen and oxygen atoms in total. The van der Waals surface area contributed by atoms with E-state index < -0.39 is 0 Å². The lowest BCUT2D eigenvalue weighted by molar-refractivity contribution is -0.111. The van der Waals surface area contributed by atoms with Crippen molar-refractivity contribution in [2.75, 3.05) is 5.32 Å². The third-order valence-electron chi connectivity index (χ3n) is 4.89. The van der Waals surface area contributed by atoms with Crippen LogP contribution in [0.25, 0.3) is 5.57 Å². The predicted molar refractivity (Wildman–Crippen MR) is 108 cm³/mol. The predicted octanol–water partition coefficient (Wildman–Crippen LogP) is 5.81. The van der Waals surface area contributed by atoms with E-state index in [9.17, 15) is 4.79 Å². The zero-order valence-corrected chi connectivity index (χ0v) is 15.2. The fourth-order valence-electron chi connectivity index (χ4n) is 3.64. The van der Waals surface area contributed by atoms with Gasteiger partial charge in [0.15, 0.2) is 5.78 Å². The van der Waals surface area contributed by atoms with Gasteiger partial charge in [0.05, 0.1) is 6.26 Å². The van der Waals surface area contributed by atoms with Crippen LogP contribution in [-0.4, -0.2) is 5.78 Å². The molecule has 0 saturated heterocycles. The van der Waals surface area contributed by atoms with Crippen molar-refractivity contribution in [3.05, 3.63) is 108 Å². The van der Waals surface area contributed by atoms with Gasteiger partial charge in [-0.1, -0.05) is 48.5 Å². The number of benzene rings is 2. The van der Waals surface area contributed by atoms with E-state index in [1.807, 2.05) is 67.6 Å². The maximum atomic E-state index is 13.1. The summed E-state index contributed by atoms with van der Waals surface area (Å²) in [7, 11) is 0. The summed E-state index contributed by atoms with van der Waals surface area (Å²) in [6.07, 6.45) is 4.09. The number of carbonyl (C=O) groups is 1. The van der Waals surface area contributed by atoms with Crippen molar-refractivity contribution in [1.29, 1.82) is 0 Å². The second-order valence-corrected chi connectivity index (χ2v) is 6.71. The summed E-state index contributed by atoms with van der Waals surface area (Å²) in [5.74, 6) is 0.777. The van der Waals surface area contributed by atoms with Crippen LogP contribution in [0.3, 0.4) is 0 Å². The largest absolute Gasteiger partial charge is 0.465 e. The fraction of sp³-hybridized carbons (Fsp3) is 0.125. The number of para-hydroxylation sites is 1. The number of rotatable bonds is 4. The van der Waals surface area contributed by atoms with Gasteiger partial charge in [0.1, 0.15) is 5.76 Å². The van der Waals surface area contributed by atoms with Crippen molar-refractivity contribution < 1.29 is 9.21 Å². The molecule has 1 N–H and O–H groups in total. The Bertz CT molecular complexity index is 983. The van der Waals surface area contributed by atoms with E-state index in [0.29, 0.717) is 0 Å². The molecule has 3 heteroatoms. The third kappa shape index (κ3) is 3.63. The van der Waals surface area contributed by atoms with Crippen LogP contribution in [-0.2, 0) is 4.79 Å². The second-order valence-electron chi connectivity index (χ2n) is 6.71. The monoisotopic (exact) mass is 355 g/mol. The molecule has 1 aromatic heterocycles. The maximum Gasteiger partial charge on any atom is 0.184 e. The molecule has 0 spiro atoms. The number of nitrogens with one attached hydrogen (secondary N) is 1. The first-order valence-electron chi connectivity index (χ1n) is 9.09. The molecule has 27 heavy (non-hydrogen) atoms. The Balaban J connectivity index is 1.77. The Morgan fingerprint density at radius 1 is 0.963 bits per heavy atom. The minimum atomic E-state index is -0.0139. The van der Waals surface area contributed by atoms with Gasteiger partial charge in [0.25, 0.3) is 0 Å².